The molecule has 0 fully saturated rings. The number of carbonyl (C=O) groups excluding carboxylic acids is 1. The van der Waals surface area contributed by atoms with Crippen LogP contribution < -0.4 is 0 Å². The molecule has 0 heterocycles. The van der Waals surface area contributed by atoms with E-state index in [2.05, 4.69) is 6.92 Å². The minimum atomic E-state index is -1.11. The highest BCUT2D eigenvalue weighted by molar-refractivity contribution is 5.99. The van der Waals surface area contributed by atoms with Crippen LogP contribution in [-0.2, 0) is 0 Å². The van der Waals surface area contributed by atoms with Gasteiger partial charge in [-0.15, -0.1) is 0 Å². The van der Waals surface area contributed by atoms with E-state index < -0.39 is 6.10 Å². The molecule has 2 rings (SSSR count). The van der Waals surface area contributed by atoms with E-state index in [0.29, 0.717) is 11.1 Å². The number of hydrogen-bond donors (Lipinski definition) is 1. The second-order valence-corrected chi connectivity index (χ2v) is 3.87. The van der Waals surface area contributed by atoms with Gasteiger partial charge in [-0.2, -0.15) is 0 Å². The molecule has 2 nitrogen and oxygen atoms in total. The maximum absolute atomic E-state index is 12.0. The lowest BCUT2D eigenvalue weighted by Crippen LogP contribution is -2.12. The van der Waals surface area contributed by atoms with E-state index >= 15 is 0 Å². The first-order valence-electron chi connectivity index (χ1n) is 5.38. The van der Waals surface area contributed by atoms with Crippen molar-refractivity contribution in [2.75, 3.05) is 0 Å². The van der Waals surface area contributed by atoms with Crippen molar-refractivity contribution in [3.63, 3.8) is 0 Å². The Balaban J connectivity index is 2.23. The van der Waals surface area contributed by atoms with E-state index in [1.54, 1.807) is 48.5 Å². The molecule has 0 aromatic heterocycles. The summed E-state index contributed by atoms with van der Waals surface area (Å²) in [6, 6.07) is 15.8. The molecule has 2 heteroatoms. The van der Waals surface area contributed by atoms with Gasteiger partial charge in [0.1, 0.15) is 6.10 Å². The summed E-state index contributed by atoms with van der Waals surface area (Å²) in [7, 11) is 0. The zero-order valence-corrected chi connectivity index (χ0v) is 9.34. The Morgan fingerprint density at radius 3 is 2.18 bits per heavy atom. The molecule has 85 valence electrons. The van der Waals surface area contributed by atoms with Gasteiger partial charge in [-0.1, -0.05) is 54.6 Å². The molecule has 0 aliphatic carbocycles. The van der Waals surface area contributed by atoms with Gasteiger partial charge in [-0.25, -0.2) is 0 Å². The van der Waals surface area contributed by atoms with Crippen LogP contribution in [-0.4, -0.2) is 10.9 Å². The molecule has 0 aliphatic heterocycles. The fourth-order valence-corrected chi connectivity index (χ4v) is 1.61. The van der Waals surface area contributed by atoms with Gasteiger partial charge in [0.05, 0.1) is 0 Å². The van der Waals surface area contributed by atoms with Crippen molar-refractivity contribution in [2.45, 2.75) is 6.10 Å². The third-order valence-electron chi connectivity index (χ3n) is 2.60. The molecule has 0 spiro atoms. The molecule has 0 bridgehead atoms. The van der Waals surface area contributed by atoms with E-state index in [-0.39, 0.29) is 5.78 Å². The third kappa shape index (κ3) is 2.60. The summed E-state index contributed by atoms with van der Waals surface area (Å²) in [5.41, 5.74) is 1.96. The molecular weight excluding hydrogens is 212 g/mol. The van der Waals surface area contributed by atoms with Gasteiger partial charge in [0.15, 0.2) is 5.78 Å². The minimum absolute atomic E-state index is 0.289. The largest absolute Gasteiger partial charge is 0.380 e. The zero-order valence-electron chi connectivity index (χ0n) is 9.34. The van der Waals surface area contributed by atoms with Crippen LogP contribution in [0, 0.1) is 6.92 Å². The standard InChI is InChI=1S/C15H13O2/c1-11-7-9-13(10-8-11)15(17)14(16)12-5-3-2-4-6-12/h2-10,15,17H,1H2. The van der Waals surface area contributed by atoms with Crippen molar-refractivity contribution in [3.8, 4) is 0 Å². The SMILES string of the molecule is [CH2]c1ccc(C(O)C(=O)c2ccccc2)cc1. The average molecular weight is 225 g/mol. The molecule has 1 unspecified atom stereocenters. The van der Waals surface area contributed by atoms with Crippen molar-refractivity contribution < 1.29 is 9.90 Å². The van der Waals surface area contributed by atoms with Gasteiger partial charge in [-0.3, -0.25) is 4.79 Å². The number of ketones is 1. The van der Waals surface area contributed by atoms with E-state index in [1.165, 1.54) is 0 Å². The van der Waals surface area contributed by atoms with Crippen LogP contribution in [0.2, 0.25) is 0 Å². The molecule has 1 N–H and O–H groups in total. The number of benzene rings is 2. The summed E-state index contributed by atoms with van der Waals surface area (Å²) < 4.78 is 0. The monoisotopic (exact) mass is 225 g/mol. The molecule has 2 aromatic rings. The molecule has 1 atom stereocenters. The Kier molecular flexibility index (Phi) is 3.35. The third-order valence-corrected chi connectivity index (χ3v) is 2.60. The second-order valence-electron chi connectivity index (χ2n) is 3.87. The summed E-state index contributed by atoms with van der Waals surface area (Å²) in [4.78, 5) is 12.0. The van der Waals surface area contributed by atoms with E-state index in [9.17, 15) is 9.90 Å². The minimum Gasteiger partial charge on any atom is -0.380 e. The van der Waals surface area contributed by atoms with Crippen molar-refractivity contribution in [1.82, 2.24) is 0 Å². The van der Waals surface area contributed by atoms with Gasteiger partial charge in [-0.05, 0) is 18.1 Å². The maximum atomic E-state index is 12.0. The summed E-state index contributed by atoms with van der Waals surface area (Å²) >= 11 is 0. The topological polar surface area (TPSA) is 37.3 Å². The fraction of sp³-hybridized carbons (Fsp3) is 0.0667. The molecule has 0 amide bonds. The van der Waals surface area contributed by atoms with Gasteiger partial charge in [0.25, 0.3) is 0 Å². The lowest BCUT2D eigenvalue weighted by atomic mass is 9.99. The Morgan fingerprint density at radius 2 is 1.59 bits per heavy atom. The van der Waals surface area contributed by atoms with Crippen LogP contribution in [0.1, 0.15) is 27.6 Å². The highest BCUT2D eigenvalue weighted by Crippen LogP contribution is 2.18. The summed E-state index contributed by atoms with van der Waals surface area (Å²) in [5, 5.41) is 9.96. The number of rotatable bonds is 3. The summed E-state index contributed by atoms with van der Waals surface area (Å²) in [6.45, 7) is 3.76. The van der Waals surface area contributed by atoms with E-state index in [0.717, 1.165) is 5.56 Å². The number of aliphatic hydroxyl groups excluding tert-OH is 1. The van der Waals surface area contributed by atoms with E-state index in [1.807, 2.05) is 6.07 Å². The molecule has 0 saturated heterocycles. The predicted molar refractivity (Wildman–Crippen MR) is 66.6 cm³/mol. The normalized spacial score (nSPS) is 12.1. The lowest BCUT2D eigenvalue weighted by Gasteiger charge is -2.10. The molecule has 2 aromatic carbocycles. The predicted octanol–water partition coefficient (Wildman–Crippen LogP) is 2.79. The second kappa shape index (κ2) is 4.93. The summed E-state index contributed by atoms with van der Waals surface area (Å²) in [6.07, 6.45) is -1.11. The van der Waals surface area contributed by atoms with Gasteiger partial charge in [0.2, 0.25) is 0 Å². The number of Topliss-reactive ketones (excluding diaryl/α,β-unsaturated/α-hetero) is 1. The van der Waals surface area contributed by atoms with Crippen LogP contribution in [0.25, 0.3) is 0 Å². The highest BCUT2D eigenvalue weighted by atomic mass is 16.3. The Labute approximate surface area is 101 Å². The molecular formula is C15H13O2. The maximum Gasteiger partial charge on any atom is 0.195 e. The fourth-order valence-electron chi connectivity index (χ4n) is 1.61. The summed E-state index contributed by atoms with van der Waals surface area (Å²) in [5.74, 6) is -0.289. The van der Waals surface area contributed by atoms with Crippen molar-refractivity contribution in [2.24, 2.45) is 0 Å². The van der Waals surface area contributed by atoms with Crippen molar-refractivity contribution in [3.05, 3.63) is 78.2 Å². The number of hydrogen-bond acceptors (Lipinski definition) is 2. The first-order valence-corrected chi connectivity index (χ1v) is 5.38. The molecule has 0 saturated carbocycles. The van der Waals surface area contributed by atoms with E-state index in [4.69, 9.17) is 0 Å². The highest BCUT2D eigenvalue weighted by Gasteiger charge is 2.18. The lowest BCUT2D eigenvalue weighted by molar-refractivity contribution is 0.0747. The first-order chi connectivity index (χ1) is 8.18. The smallest absolute Gasteiger partial charge is 0.195 e. The van der Waals surface area contributed by atoms with Crippen LogP contribution in [0.3, 0.4) is 0 Å². The molecule has 17 heavy (non-hydrogen) atoms. The quantitative estimate of drug-likeness (QED) is 0.815. The molecule has 1 radical (unpaired) electrons. The average Bonchev–Trinajstić information content (AvgIpc) is 2.39. The van der Waals surface area contributed by atoms with Gasteiger partial charge in [0, 0.05) is 5.56 Å². The Morgan fingerprint density at radius 1 is 1.00 bits per heavy atom. The Hall–Kier alpha value is -1.93. The zero-order chi connectivity index (χ0) is 12.3. The van der Waals surface area contributed by atoms with Gasteiger partial charge < -0.3 is 5.11 Å². The Bertz CT molecular complexity index is 500. The van der Waals surface area contributed by atoms with Crippen LogP contribution in [0.15, 0.2) is 54.6 Å². The van der Waals surface area contributed by atoms with Crippen LogP contribution in [0.5, 0.6) is 0 Å². The van der Waals surface area contributed by atoms with Crippen molar-refractivity contribution >= 4 is 5.78 Å². The number of aliphatic hydroxyl groups is 1. The first kappa shape index (κ1) is 11.6. The van der Waals surface area contributed by atoms with Crippen LogP contribution >= 0.6 is 0 Å². The molecule has 0 aliphatic rings. The van der Waals surface area contributed by atoms with Gasteiger partial charge >= 0.3 is 0 Å². The number of carbonyl (C=O) groups is 1. The van der Waals surface area contributed by atoms with Crippen LogP contribution in [0.4, 0.5) is 0 Å². The van der Waals surface area contributed by atoms with Crippen molar-refractivity contribution in [1.29, 1.82) is 0 Å².